The molecule has 3 nitrogen and oxygen atoms in total. The number of halogens is 2. The maximum atomic E-state index is 6.34. The van der Waals surface area contributed by atoms with Crippen LogP contribution in [0.25, 0.3) is 11.4 Å². The predicted molar refractivity (Wildman–Crippen MR) is 90.4 cm³/mol. The fraction of sp³-hybridized carbons (Fsp3) is 0.176. The quantitative estimate of drug-likeness (QED) is 0.653. The van der Waals surface area contributed by atoms with Crippen LogP contribution in [0.15, 0.2) is 54.9 Å². The molecule has 0 amide bonds. The molecule has 3 aromatic rings. The lowest BCUT2D eigenvalue weighted by molar-refractivity contribution is 0.570. The van der Waals surface area contributed by atoms with E-state index in [-0.39, 0.29) is 6.04 Å². The van der Waals surface area contributed by atoms with Crippen molar-refractivity contribution in [1.29, 1.82) is 0 Å². The van der Waals surface area contributed by atoms with Gasteiger partial charge in [-0.05, 0) is 24.1 Å². The molecule has 1 atom stereocenters. The Morgan fingerprint density at radius 1 is 1.05 bits per heavy atom. The molecule has 0 aliphatic rings. The maximum Gasteiger partial charge on any atom is 0.165 e. The van der Waals surface area contributed by atoms with E-state index >= 15 is 0 Å². The van der Waals surface area contributed by atoms with Gasteiger partial charge in [-0.2, -0.15) is 0 Å². The van der Waals surface area contributed by atoms with Crippen molar-refractivity contribution in [2.75, 3.05) is 0 Å². The van der Waals surface area contributed by atoms with Crippen LogP contribution in [-0.4, -0.2) is 14.8 Å². The molecule has 22 heavy (non-hydrogen) atoms. The van der Waals surface area contributed by atoms with E-state index in [0.29, 0.717) is 10.0 Å². The van der Waals surface area contributed by atoms with Crippen molar-refractivity contribution >= 4 is 23.2 Å². The summed E-state index contributed by atoms with van der Waals surface area (Å²) in [5.74, 6) is 0.725. The number of aromatic nitrogens is 3. The molecule has 1 heterocycles. The summed E-state index contributed by atoms with van der Waals surface area (Å²) >= 11 is 12.5. The van der Waals surface area contributed by atoms with E-state index in [9.17, 15) is 0 Å². The van der Waals surface area contributed by atoms with Crippen LogP contribution in [0.3, 0.4) is 0 Å². The van der Waals surface area contributed by atoms with Gasteiger partial charge >= 0.3 is 0 Å². The van der Waals surface area contributed by atoms with E-state index in [1.165, 1.54) is 5.56 Å². The molecular weight excluding hydrogens is 317 g/mol. The molecule has 0 bridgehead atoms. The molecule has 5 heteroatoms. The van der Waals surface area contributed by atoms with E-state index in [0.717, 1.165) is 17.8 Å². The Hall–Kier alpha value is -1.84. The summed E-state index contributed by atoms with van der Waals surface area (Å²) in [6.45, 7) is 2.14. The first-order chi connectivity index (χ1) is 10.7. The third-order valence-corrected chi connectivity index (χ3v) is 4.49. The van der Waals surface area contributed by atoms with E-state index in [1.807, 2.05) is 34.9 Å². The van der Waals surface area contributed by atoms with Crippen LogP contribution in [0.1, 0.15) is 24.9 Å². The predicted octanol–water partition coefficient (Wildman–Crippen LogP) is 5.25. The molecule has 2 aromatic carbocycles. The monoisotopic (exact) mass is 331 g/mol. The fourth-order valence-electron chi connectivity index (χ4n) is 2.61. The number of nitrogens with zero attached hydrogens (tertiary/aromatic N) is 3. The van der Waals surface area contributed by atoms with Crippen molar-refractivity contribution in [3.05, 3.63) is 70.5 Å². The molecule has 0 radical (unpaired) electrons. The van der Waals surface area contributed by atoms with E-state index in [4.69, 9.17) is 23.2 Å². The second-order valence-corrected chi connectivity index (χ2v) is 5.78. The summed E-state index contributed by atoms with van der Waals surface area (Å²) in [6, 6.07) is 16.0. The minimum atomic E-state index is 0.154. The van der Waals surface area contributed by atoms with E-state index in [2.05, 4.69) is 29.3 Å². The Bertz CT molecular complexity index is 769. The zero-order valence-electron chi connectivity index (χ0n) is 12.1. The third kappa shape index (κ3) is 2.74. The van der Waals surface area contributed by atoms with Crippen LogP contribution in [0.2, 0.25) is 10.0 Å². The molecule has 112 valence electrons. The normalized spacial score (nSPS) is 12.3. The van der Waals surface area contributed by atoms with Crippen LogP contribution in [-0.2, 0) is 0 Å². The minimum absolute atomic E-state index is 0.154. The smallest absolute Gasteiger partial charge is 0.165 e. The average molecular weight is 332 g/mol. The van der Waals surface area contributed by atoms with Crippen LogP contribution >= 0.6 is 23.2 Å². The molecule has 0 saturated carbocycles. The largest absolute Gasteiger partial charge is 0.306 e. The van der Waals surface area contributed by atoms with Gasteiger partial charge in [0.15, 0.2) is 5.82 Å². The fourth-order valence-corrected chi connectivity index (χ4v) is 2.99. The Morgan fingerprint density at radius 3 is 2.55 bits per heavy atom. The van der Waals surface area contributed by atoms with Gasteiger partial charge in [-0.3, -0.25) is 0 Å². The lowest BCUT2D eigenvalue weighted by Crippen LogP contribution is -2.10. The Morgan fingerprint density at radius 2 is 1.82 bits per heavy atom. The van der Waals surface area contributed by atoms with Gasteiger partial charge in [-0.25, -0.2) is 0 Å². The highest BCUT2D eigenvalue weighted by Gasteiger charge is 2.19. The number of rotatable bonds is 4. The molecule has 0 aliphatic carbocycles. The summed E-state index contributed by atoms with van der Waals surface area (Å²) in [4.78, 5) is 0. The van der Waals surface area contributed by atoms with E-state index in [1.54, 1.807) is 12.4 Å². The maximum absolute atomic E-state index is 6.34. The molecule has 0 saturated heterocycles. The highest BCUT2D eigenvalue weighted by Crippen LogP contribution is 2.34. The molecule has 0 aliphatic heterocycles. The summed E-state index contributed by atoms with van der Waals surface area (Å²) < 4.78 is 2.05. The molecular formula is C17H15Cl2N3. The first kappa shape index (κ1) is 15.1. The molecule has 1 aromatic heterocycles. The van der Waals surface area contributed by atoms with E-state index < -0.39 is 0 Å². The number of hydrogen-bond donors (Lipinski definition) is 0. The highest BCUT2D eigenvalue weighted by molar-refractivity contribution is 6.43. The standard InChI is InChI=1S/C17H15Cl2N3/c1-2-15(12-7-4-3-5-8-12)22-11-20-21-17(22)13-9-6-10-14(18)16(13)19/h3-11,15H,2H2,1H3. The molecule has 0 fully saturated rings. The summed E-state index contributed by atoms with van der Waals surface area (Å²) in [6.07, 6.45) is 2.67. The first-order valence-corrected chi connectivity index (χ1v) is 7.86. The van der Waals surface area contributed by atoms with Gasteiger partial charge in [-0.1, -0.05) is 66.5 Å². The first-order valence-electron chi connectivity index (χ1n) is 7.11. The van der Waals surface area contributed by atoms with Crippen LogP contribution < -0.4 is 0 Å². The zero-order chi connectivity index (χ0) is 15.5. The summed E-state index contributed by atoms with van der Waals surface area (Å²) in [7, 11) is 0. The SMILES string of the molecule is CCC(c1ccccc1)n1cnnc1-c1cccc(Cl)c1Cl. The second-order valence-electron chi connectivity index (χ2n) is 5.00. The zero-order valence-corrected chi connectivity index (χ0v) is 13.6. The topological polar surface area (TPSA) is 30.7 Å². The second kappa shape index (κ2) is 6.51. The lowest BCUT2D eigenvalue weighted by Gasteiger charge is -2.19. The third-order valence-electron chi connectivity index (χ3n) is 3.67. The van der Waals surface area contributed by atoms with Crippen molar-refractivity contribution in [2.45, 2.75) is 19.4 Å². The molecule has 0 spiro atoms. The Balaban J connectivity index is 2.10. The summed E-state index contributed by atoms with van der Waals surface area (Å²) in [5.41, 5.74) is 2.00. The Kier molecular flexibility index (Phi) is 4.46. The van der Waals surface area contributed by atoms with Crippen LogP contribution in [0.5, 0.6) is 0 Å². The lowest BCUT2D eigenvalue weighted by atomic mass is 10.0. The number of hydrogen-bond acceptors (Lipinski definition) is 2. The van der Waals surface area contributed by atoms with Gasteiger partial charge in [-0.15, -0.1) is 10.2 Å². The van der Waals surface area contributed by atoms with Gasteiger partial charge in [0, 0.05) is 5.56 Å². The molecule has 0 N–H and O–H groups in total. The minimum Gasteiger partial charge on any atom is -0.306 e. The molecule has 3 rings (SSSR count). The molecule has 1 unspecified atom stereocenters. The highest BCUT2D eigenvalue weighted by atomic mass is 35.5. The van der Waals surface area contributed by atoms with Crippen LogP contribution in [0, 0.1) is 0 Å². The summed E-state index contributed by atoms with van der Waals surface area (Å²) in [5, 5.41) is 9.34. The van der Waals surface area contributed by atoms with Crippen molar-refractivity contribution in [3.8, 4) is 11.4 Å². The van der Waals surface area contributed by atoms with Crippen molar-refractivity contribution in [1.82, 2.24) is 14.8 Å². The van der Waals surface area contributed by atoms with Crippen molar-refractivity contribution < 1.29 is 0 Å². The van der Waals surface area contributed by atoms with Crippen LogP contribution in [0.4, 0.5) is 0 Å². The van der Waals surface area contributed by atoms with Gasteiger partial charge < -0.3 is 4.57 Å². The van der Waals surface area contributed by atoms with Gasteiger partial charge in [0.1, 0.15) is 6.33 Å². The van der Waals surface area contributed by atoms with Crippen molar-refractivity contribution in [2.24, 2.45) is 0 Å². The van der Waals surface area contributed by atoms with Gasteiger partial charge in [0.25, 0.3) is 0 Å². The van der Waals surface area contributed by atoms with Gasteiger partial charge in [0.05, 0.1) is 16.1 Å². The Labute approximate surface area is 139 Å². The average Bonchev–Trinajstić information content (AvgIpc) is 3.01. The number of benzene rings is 2. The van der Waals surface area contributed by atoms with Gasteiger partial charge in [0.2, 0.25) is 0 Å². The van der Waals surface area contributed by atoms with Crippen molar-refractivity contribution in [3.63, 3.8) is 0 Å².